The van der Waals surface area contributed by atoms with E-state index in [0.717, 1.165) is 12.8 Å². The molecule has 0 aliphatic carbocycles. The summed E-state index contributed by atoms with van der Waals surface area (Å²) in [6, 6.07) is 0.403. The van der Waals surface area contributed by atoms with Gasteiger partial charge in [-0.1, -0.05) is 6.92 Å². The Hall–Kier alpha value is -0.120. The lowest BCUT2D eigenvalue weighted by Gasteiger charge is -2.15. The van der Waals surface area contributed by atoms with E-state index < -0.39 is 0 Å². The van der Waals surface area contributed by atoms with Crippen LogP contribution in [0.4, 0.5) is 0 Å². The van der Waals surface area contributed by atoms with Crippen molar-refractivity contribution in [2.45, 2.75) is 31.9 Å². The third-order valence-electron chi connectivity index (χ3n) is 1.91. The van der Waals surface area contributed by atoms with E-state index in [1.807, 2.05) is 0 Å². The van der Waals surface area contributed by atoms with Crippen molar-refractivity contribution in [2.24, 2.45) is 5.84 Å². The highest BCUT2D eigenvalue weighted by Gasteiger charge is 2.26. The molecule has 1 rings (SSSR count). The van der Waals surface area contributed by atoms with Crippen LogP contribution in [-0.4, -0.2) is 28.8 Å². The summed E-state index contributed by atoms with van der Waals surface area (Å²) in [6.07, 6.45) is 1.68. The van der Waals surface area contributed by atoms with E-state index in [9.17, 15) is 0 Å². The lowest BCUT2D eigenvalue weighted by Crippen LogP contribution is -2.35. The first-order valence-corrected chi connectivity index (χ1v) is 3.43. The number of hydrazine groups is 1. The minimum Gasteiger partial charge on any atom is -0.392 e. The minimum atomic E-state index is -0.194. The zero-order valence-corrected chi connectivity index (χ0v) is 5.75. The van der Waals surface area contributed by atoms with Crippen LogP contribution >= 0.6 is 0 Å². The maximum absolute atomic E-state index is 9.08. The summed E-state index contributed by atoms with van der Waals surface area (Å²) in [5, 5.41) is 10.8. The number of hydrogen-bond donors (Lipinski definition) is 2. The maximum Gasteiger partial charge on any atom is 0.0696 e. The van der Waals surface area contributed by atoms with E-state index >= 15 is 0 Å². The van der Waals surface area contributed by atoms with Gasteiger partial charge in [-0.25, -0.2) is 5.01 Å². The maximum atomic E-state index is 9.08. The van der Waals surface area contributed by atoms with Gasteiger partial charge in [0.15, 0.2) is 0 Å². The van der Waals surface area contributed by atoms with Crippen LogP contribution < -0.4 is 5.84 Å². The SMILES string of the molecule is CC[C@H]1C[C@@H](O)CN1N. The van der Waals surface area contributed by atoms with Crippen LogP contribution in [0.2, 0.25) is 0 Å². The summed E-state index contributed by atoms with van der Waals surface area (Å²) in [5.41, 5.74) is 0. The summed E-state index contributed by atoms with van der Waals surface area (Å²) in [5.74, 6) is 5.55. The summed E-state index contributed by atoms with van der Waals surface area (Å²) >= 11 is 0. The molecule has 3 nitrogen and oxygen atoms in total. The highest BCUT2D eigenvalue weighted by molar-refractivity contribution is 4.79. The molecule has 0 spiro atoms. The van der Waals surface area contributed by atoms with Gasteiger partial charge in [-0.05, 0) is 12.8 Å². The Kier molecular flexibility index (Phi) is 2.05. The normalized spacial score (nSPS) is 37.7. The Morgan fingerprint density at radius 3 is 2.67 bits per heavy atom. The van der Waals surface area contributed by atoms with E-state index in [1.54, 1.807) is 5.01 Å². The van der Waals surface area contributed by atoms with Crippen molar-refractivity contribution in [3.63, 3.8) is 0 Å². The van der Waals surface area contributed by atoms with E-state index in [0.29, 0.717) is 12.6 Å². The molecule has 0 aromatic rings. The first kappa shape index (κ1) is 6.99. The highest BCUT2D eigenvalue weighted by Crippen LogP contribution is 2.15. The Morgan fingerprint density at radius 1 is 1.78 bits per heavy atom. The predicted molar refractivity (Wildman–Crippen MR) is 35.6 cm³/mol. The first-order valence-electron chi connectivity index (χ1n) is 3.43. The van der Waals surface area contributed by atoms with Crippen molar-refractivity contribution in [3.8, 4) is 0 Å². The van der Waals surface area contributed by atoms with E-state index in [-0.39, 0.29) is 6.10 Å². The van der Waals surface area contributed by atoms with Gasteiger partial charge in [0.05, 0.1) is 6.10 Å². The summed E-state index contributed by atoms with van der Waals surface area (Å²) < 4.78 is 0. The van der Waals surface area contributed by atoms with Crippen molar-refractivity contribution in [1.29, 1.82) is 0 Å². The van der Waals surface area contributed by atoms with Gasteiger partial charge in [0, 0.05) is 12.6 Å². The van der Waals surface area contributed by atoms with Crippen LogP contribution in [0, 0.1) is 0 Å². The molecule has 3 heteroatoms. The standard InChI is InChI=1S/C6H14N2O/c1-2-5-3-6(9)4-8(5)7/h5-6,9H,2-4,7H2,1H3/t5-,6+/m0/s1. The number of aliphatic hydroxyl groups is 1. The van der Waals surface area contributed by atoms with Gasteiger partial charge in [-0.2, -0.15) is 0 Å². The molecule has 0 bridgehead atoms. The number of β-amino-alcohol motifs (C(OH)–C–C–N with tert-alkyl or cyclic N) is 1. The molecule has 0 aromatic heterocycles. The third-order valence-corrected chi connectivity index (χ3v) is 1.91. The van der Waals surface area contributed by atoms with Gasteiger partial charge in [0.25, 0.3) is 0 Å². The van der Waals surface area contributed by atoms with Gasteiger partial charge in [-0.15, -0.1) is 0 Å². The molecule has 3 N–H and O–H groups in total. The number of aliphatic hydroxyl groups excluding tert-OH is 1. The van der Waals surface area contributed by atoms with Crippen LogP contribution in [0.25, 0.3) is 0 Å². The summed E-state index contributed by atoms with van der Waals surface area (Å²) in [4.78, 5) is 0. The Balaban J connectivity index is 2.38. The minimum absolute atomic E-state index is 0.194. The van der Waals surface area contributed by atoms with E-state index in [1.165, 1.54) is 0 Å². The quantitative estimate of drug-likeness (QED) is 0.479. The first-order chi connectivity index (χ1) is 4.24. The van der Waals surface area contributed by atoms with Gasteiger partial charge >= 0.3 is 0 Å². The second-order valence-electron chi connectivity index (χ2n) is 2.65. The van der Waals surface area contributed by atoms with Crippen molar-refractivity contribution >= 4 is 0 Å². The molecule has 0 aromatic carbocycles. The number of hydrogen-bond acceptors (Lipinski definition) is 3. The Bertz CT molecular complexity index is 97.1. The lowest BCUT2D eigenvalue weighted by molar-refractivity contribution is 0.176. The van der Waals surface area contributed by atoms with Crippen molar-refractivity contribution in [3.05, 3.63) is 0 Å². The van der Waals surface area contributed by atoms with Gasteiger partial charge in [0.1, 0.15) is 0 Å². The van der Waals surface area contributed by atoms with Crippen LogP contribution in [0.5, 0.6) is 0 Å². The Labute approximate surface area is 55.4 Å². The monoisotopic (exact) mass is 130 g/mol. The molecule has 1 aliphatic rings. The summed E-state index contributed by atoms with van der Waals surface area (Å²) in [7, 11) is 0. The molecule has 9 heavy (non-hydrogen) atoms. The molecule has 0 saturated carbocycles. The largest absolute Gasteiger partial charge is 0.392 e. The fourth-order valence-electron chi connectivity index (χ4n) is 1.32. The topological polar surface area (TPSA) is 49.5 Å². The molecule has 0 unspecified atom stereocenters. The number of nitrogens with two attached hydrogens (primary N) is 1. The molecule has 1 aliphatic heterocycles. The van der Waals surface area contributed by atoms with Crippen molar-refractivity contribution < 1.29 is 5.11 Å². The average molecular weight is 130 g/mol. The van der Waals surface area contributed by atoms with E-state index in [2.05, 4.69) is 6.92 Å². The smallest absolute Gasteiger partial charge is 0.0696 e. The molecular formula is C6H14N2O. The predicted octanol–water partition coefficient (Wildman–Crippen LogP) is -0.295. The Morgan fingerprint density at radius 2 is 2.44 bits per heavy atom. The zero-order chi connectivity index (χ0) is 6.85. The van der Waals surface area contributed by atoms with Crippen LogP contribution in [0.3, 0.4) is 0 Å². The molecule has 1 saturated heterocycles. The fraction of sp³-hybridized carbons (Fsp3) is 1.00. The molecule has 1 heterocycles. The van der Waals surface area contributed by atoms with Gasteiger partial charge in [-0.3, -0.25) is 5.84 Å². The fourth-order valence-corrected chi connectivity index (χ4v) is 1.32. The molecular weight excluding hydrogens is 116 g/mol. The molecule has 0 amide bonds. The number of nitrogens with zero attached hydrogens (tertiary/aromatic N) is 1. The van der Waals surface area contributed by atoms with Gasteiger partial charge in [0.2, 0.25) is 0 Å². The highest BCUT2D eigenvalue weighted by atomic mass is 16.3. The van der Waals surface area contributed by atoms with E-state index in [4.69, 9.17) is 10.9 Å². The zero-order valence-electron chi connectivity index (χ0n) is 5.75. The van der Waals surface area contributed by atoms with Crippen molar-refractivity contribution in [1.82, 2.24) is 5.01 Å². The van der Waals surface area contributed by atoms with Crippen LogP contribution in [0.1, 0.15) is 19.8 Å². The van der Waals surface area contributed by atoms with Crippen LogP contribution in [-0.2, 0) is 0 Å². The third kappa shape index (κ3) is 1.41. The van der Waals surface area contributed by atoms with Gasteiger partial charge < -0.3 is 5.11 Å². The molecule has 1 fully saturated rings. The second-order valence-corrected chi connectivity index (χ2v) is 2.65. The second kappa shape index (κ2) is 2.64. The molecule has 54 valence electrons. The lowest BCUT2D eigenvalue weighted by atomic mass is 10.1. The molecule has 0 radical (unpaired) electrons. The van der Waals surface area contributed by atoms with Crippen molar-refractivity contribution in [2.75, 3.05) is 6.54 Å². The summed E-state index contributed by atoms with van der Waals surface area (Å²) in [6.45, 7) is 2.72. The molecule has 2 atom stereocenters. The van der Waals surface area contributed by atoms with Crippen LogP contribution in [0.15, 0.2) is 0 Å². The number of rotatable bonds is 1. The average Bonchev–Trinajstić information content (AvgIpc) is 2.10.